The van der Waals surface area contributed by atoms with Crippen LogP contribution in [-0.4, -0.2) is 29.2 Å². The van der Waals surface area contributed by atoms with E-state index in [1.54, 1.807) is 19.1 Å². The normalized spacial score (nSPS) is 18.5. The molecule has 1 aliphatic heterocycles. The number of amides is 3. The molecule has 1 heterocycles. The molecule has 106 valence electrons. The predicted octanol–water partition coefficient (Wildman–Crippen LogP) is 1.26. The molecule has 6 nitrogen and oxygen atoms in total. The Bertz CT molecular complexity index is 588. The van der Waals surface area contributed by atoms with Crippen molar-refractivity contribution in [3.63, 3.8) is 0 Å². The topological polar surface area (TPSA) is 92.5 Å². The molecule has 1 aromatic carbocycles. The lowest BCUT2D eigenvalue weighted by Gasteiger charge is -2.14. The van der Waals surface area contributed by atoms with Crippen LogP contribution in [-0.2, 0) is 14.4 Å². The number of halogens is 1. The zero-order valence-corrected chi connectivity index (χ0v) is 11.6. The number of hydrogen-bond acceptors (Lipinski definition) is 4. The smallest absolute Gasteiger partial charge is 0.244 e. The van der Waals surface area contributed by atoms with Crippen molar-refractivity contribution in [1.29, 1.82) is 0 Å². The second-order valence-corrected chi connectivity index (χ2v) is 5.12. The van der Waals surface area contributed by atoms with Crippen molar-refractivity contribution in [1.82, 2.24) is 4.90 Å². The quantitative estimate of drug-likeness (QED) is 0.648. The molecule has 1 unspecified atom stereocenters. The number of nitrogens with one attached hydrogen (secondary N) is 1. The summed E-state index contributed by atoms with van der Waals surface area (Å²) in [7, 11) is 0. The summed E-state index contributed by atoms with van der Waals surface area (Å²) < 4.78 is 0. The number of benzene rings is 1. The molecule has 2 rings (SSSR count). The number of hydrogen-bond donors (Lipinski definition) is 2. The molecule has 20 heavy (non-hydrogen) atoms. The van der Waals surface area contributed by atoms with Crippen LogP contribution < -0.4 is 11.1 Å². The molecule has 7 heteroatoms. The van der Waals surface area contributed by atoms with Crippen molar-refractivity contribution in [3.05, 3.63) is 23.2 Å². The van der Waals surface area contributed by atoms with Gasteiger partial charge in [-0.3, -0.25) is 19.3 Å². The third-order valence-corrected chi connectivity index (χ3v) is 3.37. The summed E-state index contributed by atoms with van der Waals surface area (Å²) in [6.07, 6.45) is 0.144. The molecular weight excluding hydrogens is 282 g/mol. The van der Waals surface area contributed by atoms with Crippen LogP contribution in [0.2, 0.25) is 5.02 Å². The van der Waals surface area contributed by atoms with Crippen LogP contribution in [0.25, 0.3) is 0 Å². The van der Waals surface area contributed by atoms with Gasteiger partial charge in [0.1, 0.15) is 6.54 Å². The van der Waals surface area contributed by atoms with Gasteiger partial charge in [0.25, 0.3) is 0 Å². The van der Waals surface area contributed by atoms with Gasteiger partial charge in [-0.1, -0.05) is 18.5 Å². The minimum Gasteiger partial charge on any atom is -0.399 e. The molecule has 1 atom stereocenters. The first kappa shape index (κ1) is 14.3. The van der Waals surface area contributed by atoms with Crippen molar-refractivity contribution in [3.8, 4) is 0 Å². The SMILES string of the molecule is CC1CC(=O)N(CC(=O)Nc2cc(N)ccc2Cl)C1=O. The van der Waals surface area contributed by atoms with Gasteiger partial charge in [-0.05, 0) is 18.2 Å². The number of carbonyl (C=O) groups excluding carboxylic acids is 3. The molecule has 3 N–H and O–H groups in total. The summed E-state index contributed by atoms with van der Waals surface area (Å²) in [5.41, 5.74) is 6.40. The number of carbonyl (C=O) groups is 3. The molecule has 1 fully saturated rings. The molecule has 1 saturated heterocycles. The van der Waals surface area contributed by atoms with Crippen LogP contribution in [0.5, 0.6) is 0 Å². The van der Waals surface area contributed by atoms with Gasteiger partial charge in [0, 0.05) is 18.0 Å². The van der Waals surface area contributed by atoms with Gasteiger partial charge in [-0.15, -0.1) is 0 Å². The van der Waals surface area contributed by atoms with Crippen LogP contribution in [0, 0.1) is 5.92 Å². The minimum absolute atomic E-state index is 0.144. The van der Waals surface area contributed by atoms with Gasteiger partial charge in [-0.2, -0.15) is 0 Å². The highest BCUT2D eigenvalue weighted by atomic mass is 35.5. The maximum absolute atomic E-state index is 11.9. The van der Waals surface area contributed by atoms with Gasteiger partial charge in [0.2, 0.25) is 17.7 Å². The molecule has 1 aromatic rings. The molecule has 0 bridgehead atoms. The summed E-state index contributed by atoms with van der Waals surface area (Å²) in [4.78, 5) is 36.1. The number of nitrogens with zero attached hydrogens (tertiary/aromatic N) is 1. The lowest BCUT2D eigenvalue weighted by Crippen LogP contribution is -2.37. The third kappa shape index (κ3) is 2.91. The number of rotatable bonds is 3. The van der Waals surface area contributed by atoms with Gasteiger partial charge >= 0.3 is 0 Å². The molecule has 3 amide bonds. The molecule has 0 radical (unpaired) electrons. The monoisotopic (exact) mass is 295 g/mol. The van der Waals surface area contributed by atoms with E-state index in [1.807, 2.05) is 0 Å². The lowest BCUT2D eigenvalue weighted by molar-refractivity contribution is -0.142. The zero-order chi connectivity index (χ0) is 14.9. The predicted molar refractivity (Wildman–Crippen MR) is 75.0 cm³/mol. The molecule has 1 aliphatic rings. The fourth-order valence-corrected chi connectivity index (χ4v) is 2.15. The van der Waals surface area contributed by atoms with Gasteiger partial charge < -0.3 is 11.1 Å². The first-order valence-electron chi connectivity index (χ1n) is 6.07. The molecular formula is C13H14ClN3O3. The summed E-state index contributed by atoms with van der Waals surface area (Å²) in [5.74, 6) is -1.53. The van der Waals surface area contributed by atoms with Gasteiger partial charge in [0.15, 0.2) is 0 Å². The number of imide groups is 1. The summed E-state index contributed by atoms with van der Waals surface area (Å²) in [5, 5.41) is 2.87. The van der Waals surface area contributed by atoms with E-state index in [0.717, 1.165) is 4.90 Å². The van der Waals surface area contributed by atoms with E-state index in [1.165, 1.54) is 6.07 Å². The largest absolute Gasteiger partial charge is 0.399 e. The number of likely N-dealkylation sites (tertiary alicyclic amines) is 1. The first-order chi connectivity index (χ1) is 9.38. The van der Waals surface area contributed by atoms with E-state index < -0.39 is 5.91 Å². The molecule has 0 aromatic heterocycles. The highest BCUT2D eigenvalue weighted by molar-refractivity contribution is 6.33. The van der Waals surface area contributed by atoms with E-state index >= 15 is 0 Å². The average Bonchev–Trinajstić information content (AvgIpc) is 2.61. The second-order valence-electron chi connectivity index (χ2n) is 4.71. The Hall–Kier alpha value is -2.08. The number of nitrogen functional groups attached to an aromatic ring is 1. The van der Waals surface area contributed by atoms with Crippen molar-refractivity contribution < 1.29 is 14.4 Å². The van der Waals surface area contributed by atoms with Crippen LogP contribution in [0.15, 0.2) is 18.2 Å². The van der Waals surface area contributed by atoms with E-state index in [2.05, 4.69) is 5.32 Å². The molecule has 0 aliphatic carbocycles. The van der Waals surface area contributed by atoms with Crippen LogP contribution in [0.4, 0.5) is 11.4 Å². The maximum atomic E-state index is 11.9. The summed E-state index contributed by atoms with van der Waals surface area (Å²) >= 11 is 5.92. The standard InChI is InChI=1S/C13H14ClN3O3/c1-7-4-12(19)17(13(7)20)6-11(18)16-10-5-8(15)2-3-9(10)14/h2-3,5,7H,4,6,15H2,1H3,(H,16,18). The number of anilines is 2. The minimum atomic E-state index is -0.492. The Kier molecular flexibility index (Phi) is 3.94. The van der Waals surface area contributed by atoms with Crippen LogP contribution in [0.3, 0.4) is 0 Å². The first-order valence-corrected chi connectivity index (χ1v) is 6.45. The Balaban J connectivity index is 2.04. The highest BCUT2D eigenvalue weighted by Crippen LogP contribution is 2.24. The molecule has 0 saturated carbocycles. The van der Waals surface area contributed by atoms with Crippen molar-refractivity contribution in [2.45, 2.75) is 13.3 Å². The van der Waals surface area contributed by atoms with E-state index in [0.29, 0.717) is 16.4 Å². The summed E-state index contributed by atoms with van der Waals surface area (Å²) in [6.45, 7) is 1.35. The van der Waals surface area contributed by atoms with Gasteiger partial charge in [-0.25, -0.2) is 0 Å². The third-order valence-electron chi connectivity index (χ3n) is 3.04. The Labute approximate surface area is 120 Å². The fourth-order valence-electron chi connectivity index (χ4n) is 1.99. The lowest BCUT2D eigenvalue weighted by atomic mass is 10.1. The van der Waals surface area contributed by atoms with Crippen LogP contribution in [0.1, 0.15) is 13.3 Å². The Morgan fingerprint density at radius 1 is 1.50 bits per heavy atom. The van der Waals surface area contributed by atoms with Crippen LogP contribution >= 0.6 is 11.6 Å². The number of nitrogens with two attached hydrogens (primary N) is 1. The Morgan fingerprint density at radius 3 is 2.80 bits per heavy atom. The van der Waals surface area contributed by atoms with E-state index in [4.69, 9.17) is 17.3 Å². The van der Waals surface area contributed by atoms with Crippen molar-refractivity contribution >= 4 is 40.7 Å². The zero-order valence-electron chi connectivity index (χ0n) is 10.9. The fraction of sp³-hybridized carbons (Fsp3) is 0.308. The highest BCUT2D eigenvalue weighted by Gasteiger charge is 2.36. The molecule has 0 spiro atoms. The van der Waals surface area contributed by atoms with Crippen molar-refractivity contribution in [2.75, 3.05) is 17.6 Å². The summed E-state index contributed by atoms with van der Waals surface area (Å²) in [6, 6.07) is 4.67. The van der Waals surface area contributed by atoms with E-state index in [9.17, 15) is 14.4 Å². The Morgan fingerprint density at radius 2 is 2.20 bits per heavy atom. The second kappa shape index (κ2) is 5.50. The average molecular weight is 296 g/mol. The maximum Gasteiger partial charge on any atom is 0.244 e. The van der Waals surface area contributed by atoms with Gasteiger partial charge in [0.05, 0.1) is 10.7 Å². The van der Waals surface area contributed by atoms with E-state index in [-0.39, 0.29) is 30.7 Å². The van der Waals surface area contributed by atoms with Crippen molar-refractivity contribution in [2.24, 2.45) is 5.92 Å².